The van der Waals surface area contributed by atoms with Crippen LogP contribution in [0.4, 0.5) is 0 Å². The van der Waals surface area contributed by atoms with Crippen LogP contribution < -0.4 is 16.5 Å². The molecule has 9 heteroatoms. The van der Waals surface area contributed by atoms with Crippen LogP contribution in [0.1, 0.15) is 53.9 Å². The van der Waals surface area contributed by atoms with Gasteiger partial charge < -0.3 is 20.5 Å². The molecule has 28 heavy (non-hydrogen) atoms. The van der Waals surface area contributed by atoms with E-state index in [2.05, 4.69) is 15.8 Å². The van der Waals surface area contributed by atoms with Crippen LogP contribution in [0, 0.1) is 0 Å². The number of nitrogens with zero attached hydrogens (tertiary/aromatic N) is 1. The summed E-state index contributed by atoms with van der Waals surface area (Å²) in [6.07, 6.45) is 3.07. The first kappa shape index (κ1) is 23.9. The monoisotopic (exact) mass is 398 g/mol. The van der Waals surface area contributed by atoms with Gasteiger partial charge >= 0.3 is 5.97 Å². The molecule has 0 unspecified atom stereocenters. The molecular weight excluding hydrogens is 364 g/mol. The summed E-state index contributed by atoms with van der Waals surface area (Å²) in [6.45, 7) is 9.72. The van der Waals surface area contributed by atoms with Crippen LogP contribution in [0.25, 0.3) is 0 Å². The molecule has 9 nitrogen and oxygen atoms in total. The van der Waals surface area contributed by atoms with E-state index in [0.717, 1.165) is 12.8 Å². The number of carbonyl (C=O) groups is 2. The highest BCUT2D eigenvalue weighted by atomic mass is 16.6. The number of nitrogens with one attached hydrogen (secondary N) is 2. The highest BCUT2D eigenvalue weighted by Gasteiger charge is 2.38. The first-order valence-electron chi connectivity index (χ1n) is 9.87. The number of aliphatic imine (C=N–C) groups is 1. The maximum Gasteiger partial charge on any atom is 0.333 e. The Labute approximate surface area is 167 Å². The van der Waals surface area contributed by atoms with E-state index in [1.165, 1.54) is 6.92 Å². The van der Waals surface area contributed by atoms with Crippen molar-refractivity contribution in [1.82, 2.24) is 10.8 Å². The van der Waals surface area contributed by atoms with Gasteiger partial charge in [0.05, 0.1) is 37.5 Å². The third kappa shape index (κ3) is 7.47. The third-order valence-corrected chi connectivity index (χ3v) is 4.36. The summed E-state index contributed by atoms with van der Waals surface area (Å²) in [6, 6.07) is -0.987. The first-order valence-corrected chi connectivity index (χ1v) is 9.87. The van der Waals surface area contributed by atoms with E-state index in [4.69, 9.17) is 20.0 Å². The number of hydrogen-bond acceptors (Lipinski definition) is 6. The Morgan fingerprint density at radius 3 is 2.46 bits per heavy atom. The molecule has 1 aliphatic carbocycles. The van der Waals surface area contributed by atoms with Crippen LogP contribution in [0.15, 0.2) is 16.6 Å². The van der Waals surface area contributed by atoms with Gasteiger partial charge in [0, 0.05) is 18.9 Å². The molecule has 0 spiro atoms. The summed E-state index contributed by atoms with van der Waals surface area (Å²) in [5, 5.41) is 2.90. The lowest BCUT2D eigenvalue weighted by Gasteiger charge is -2.36. The van der Waals surface area contributed by atoms with E-state index in [0.29, 0.717) is 12.2 Å². The second-order valence-electron chi connectivity index (χ2n) is 6.50. The average Bonchev–Trinajstić information content (AvgIpc) is 2.66. The summed E-state index contributed by atoms with van der Waals surface area (Å²) in [7, 11) is 0. The van der Waals surface area contributed by atoms with Crippen molar-refractivity contribution in [3.05, 3.63) is 11.6 Å². The topological polar surface area (TPSA) is 124 Å². The number of guanidine groups is 1. The van der Waals surface area contributed by atoms with Crippen molar-refractivity contribution in [2.45, 2.75) is 78.2 Å². The molecule has 0 bridgehead atoms. The molecule has 0 radical (unpaired) electrons. The van der Waals surface area contributed by atoms with Gasteiger partial charge in [-0.1, -0.05) is 13.8 Å². The maximum atomic E-state index is 12.3. The molecule has 4 N–H and O–H groups in total. The normalized spacial score (nSPS) is 22.6. The Balaban J connectivity index is 3.24. The minimum absolute atomic E-state index is 0.0115. The van der Waals surface area contributed by atoms with Crippen molar-refractivity contribution < 1.29 is 23.9 Å². The molecule has 1 aliphatic rings. The minimum Gasteiger partial charge on any atom is -0.463 e. The van der Waals surface area contributed by atoms with E-state index < -0.39 is 24.2 Å². The number of carbonyl (C=O) groups excluding carboxylic acids is 2. The number of nitrogens with two attached hydrogens (primary N) is 1. The van der Waals surface area contributed by atoms with Gasteiger partial charge in [0.2, 0.25) is 11.9 Å². The summed E-state index contributed by atoms with van der Waals surface area (Å²) in [4.78, 5) is 33.6. The Morgan fingerprint density at radius 2 is 1.93 bits per heavy atom. The molecule has 0 fully saturated rings. The molecule has 0 aromatic carbocycles. The largest absolute Gasteiger partial charge is 0.463 e. The highest BCUT2D eigenvalue weighted by Crippen LogP contribution is 2.27. The first-order chi connectivity index (χ1) is 13.4. The number of hydrogen-bond donors (Lipinski definition) is 3. The molecule has 1 rings (SSSR count). The molecule has 1 amide bonds. The number of esters is 1. The van der Waals surface area contributed by atoms with Crippen molar-refractivity contribution in [3.63, 3.8) is 0 Å². The predicted molar refractivity (Wildman–Crippen MR) is 106 cm³/mol. The lowest BCUT2D eigenvalue weighted by atomic mass is 9.88. The third-order valence-electron chi connectivity index (χ3n) is 4.36. The van der Waals surface area contributed by atoms with Gasteiger partial charge in [0.15, 0.2) is 0 Å². The zero-order valence-electron chi connectivity index (χ0n) is 17.5. The second-order valence-corrected chi connectivity index (χ2v) is 6.50. The number of amides is 1. The van der Waals surface area contributed by atoms with Gasteiger partial charge in [-0.3, -0.25) is 9.63 Å². The standard InChI is InChI=1S/C19H34N4O5/c1-6-14(7-2)28-16-11-13(18(25)26-8-3)10-15(17(16)21-12(5)24)22-19(20)23-27-9-4/h11,14-17H,6-10H2,1-5H3,(H,21,24)(H3,20,22,23)/t15-,16+,17+/m0/s1. The van der Waals surface area contributed by atoms with E-state index in [1.54, 1.807) is 13.0 Å². The predicted octanol–water partition coefficient (Wildman–Crippen LogP) is 1.18. The van der Waals surface area contributed by atoms with Crippen molar-refractivity contribution in [2.24, 2.45) is 10.7 Å². The van der Waals surface area contributed by atoms with Crippen LogP contribution in [-0.4, -0.2) is 55.3 Å². The summed E-state index contributed by atoms with van der Waals surface area (Å²) in [5.41, 5.74) is 8.88. The van der Waals surface area contributed by atoms with Crippen molar-refractivity contribution in [3.8, 4) is 0 Å². The average molecular weight is 399 g/mol. The Morgan fingerprint density at radius 1 is 1.25 bits per heavy atom. The van der Waals surface area contributed by atoms with Crippen LogP contribution in [0.2, 0.25) is 0 Å². The summed E-state index contributed by atoms with van der Waals surface area (Å²) < 4.78 is 11.3. The molecule has 0 aromatic heterocycles. The van der Waals surface area contributed by atoms with Crippen molar-refractivity contribution >= 4 is 17.8 Å². The SMILES string of the molecule is CCONC(N)=N[C@H]1CC(C(=O)OCC)=C[C@@H](OC(CC)CC)[C@@H]1NC(C)=O. The molecular formula is C19H34N4O5. The number of hydroxylamine groups is 1. The van der Waals surface area contributed by atoms with Gasteiger partial charge in [-0.2, -0.15) is 0 Å². The van der Waals surface area contributed by atoms with Gasteiger partial charge in [-0.15, -0.1) is 0 Å². The number of ether oxygens (including phenoxy) is 2. The van der Waals surface area contributed by atoms with Gasteiger partial charge in [-0.05, 0) is 32.8 Å². The molecule has 0 saturated carbocycles. The fourth-order valence-electron chi connectivity index (χ4n) is 3.03. The van der Waals surface area contributed by atoms with Gasteiger partial charge in [-0.25, -0.2) is 15.3 Å². The fraction of sp³-hybridized carbons (Fsp3) is 0.737. The highest BCUT2D eigenvalue weighted by molar-refractivity contribution is 5.89. The van der Waals surface area contributed by atoms with E-state index in [1.807, 2.05) is 20.8 Å². The number of rotatable bonds is 10. The van der Waals surface area contributed by atoms with Crippen LogP contribution in [-0.2, 0) is 23.9 Å². The van der Waals surface area contributed by atoms with Crippen LogP contribution >= 0.6 is 0 Å². The fourth-order valence-corrected chi connectivity index (χ4v) is 3.03. The molecule has 0 saturated heterocycles. The van der Waals surface area contributed by atoms with E-state index in [-0.39, 0.29) is 31.0 Å². The minimum atomic E-state index is -0.532. The van der Waals surface area contributed by atoms with Gasteiger partial charge in [0.1, 0.15) is 0 Å². The lowest BCUT2D eigenvalue weighted by molar-refractivity contribution is -0.139. The zero-order chi connectivity index (χ0) is 21.1. The molecule has 0 aromatic rings. The van der Waals surface area contributed by atoms with Crippen molar-refractivity contribution in [2.75, 3.05) is 13.2 Å². The molecule has 160 valence electrons. The van der Waals surface area contributed by atoms with Crippen LogP contribution in [0.5, 0.6) is 0 Å². The Hall–Kier alpha value is -2.13. The quantitative estimate of drug-likeness (QED) is 0.218. The Kier molecular flexibility index (Phi) is 10.5. The summed E-state index contributed by atoms with van der Waals surface area (Å²) in [5.74, 6) is -0.570. The maximum absolute atomic E-state index is 12.3. The molecule has 0 aliphatic heterocycles. The van der Waals surface area contributed by atoms with Gasteiger partial charge in [0.25, 0.3) is 0 Å². The summed E-state index contributed by atoms with van der Waals surface area (Å²) >= 11 is 0. The zero-order valence-corrected chi connectivity index (χ0v) is 17.5. The molecule has 3 atom stereocenters. The smallest absolute Gasteiger partial charge is 0.333 e. The van der Waals surface area contributed by atoms with Crippen LogP contribution in [0.3, 0.4) is 0 Å². The Bertz CT molecular complexity index is 575. The van der Waals surface area contributed by atoms with Crippen molar-refractivity contribution in [1.29, 1.82) is 0 Å². The molecule has 0 heterocycles. The lowest BCUT2D eigenvalue weighted by Crippen LogP contribution is -2.54. The second kappa shape index (κ2) is 12.4. The van der Waals surface area contributed by atoms with E-state index in [9.17, 15) is 9.59 Å². The van der Waals surface area contributed by atoms with E-state index >= 15 is 0 Å².